The second kappa shape index (κ2) is 34.1. The molecule has 27 nitrogen and oxygen atoms in total. The number of aromatic nitrogens is 2. The predicted octanol–water partition coefficient (Wildman–Crippen LogP) is 0.195. The first kappa shape index (κ1) is 65.4. The standard InChI is InChI=1S/C56H78N8O19/c1-5-56(73)42-34-45-51-38(35-64(45)53(70)41(42)37-82-54(56)71)33-39-40(36-62(2)3)46(10-8-43(39)61-51)83-55(72)59-15-14-58-52(69)44(60-48(66)7-6-17-63-49(67)12-13-50(63)68)9-11-47(65)57-16-18-75-21-22-77-25-26-79-29-30-81-32-31-80-28-27-78-24-23-76-20-19-74-4/h8,10,12-13,33-34,44,73H,5-7,9,11,14-32,35-37H2,1-4H3,(H,57,65)(H,58,69)(H,59,72)(H,60,66)/t44-,56-/m0/s1. The lowest BCUT2D eigenvalue weighted by molar-refractivity contribution is -0.172. The number of benzene rings is 1. The molecule has 3 aliphatic heterocycles. The molecule has 5 heterocycles. The lowest BCUT2D eigenvalue weighted by atomic mass is 9.86. The lowest BCUT2D eigenvalue weighted by Crippen LogP contribution is -2.49. The van der Waals surface area contributed by atoms with Gasteiger partial charge in [-0.1, -0.05) is 6.92 Å². The predicted molar refractivity (Wildman–Crippen MR) is 296 cm³/mol. The van der Waals surface area contributed by atoms with Crippen LogP contribution in [0.4, 0.5) is 4.79 Å². The van der Waals surface area contributed by atoms with Gasteiger partial charge in [0, 0.05) is 86.9 Å². The van der Waals surface area contributed by atoms with E-state index in [1.807, 2.05) is 25.1 Å². The van der Waals surface area contributed by atoms with Crippen LogP contribution in [-0.2, 0) is 96.7 Å². The highest BCUT2D eigenvalue weighted by atomic mass is 16.6. The van der Waals surface area contributed by atoms with Crippen LogP contribution >= 0.6 is 0 Å². The fourth-order valence-electron chi connectivity index (χ4n) is 9.05. The van der Waals surface area contributed by atoms with Crippen molar-refractivity contribution in [2.45, 2.75) is 70.4 Å². The average Bonchev–Trinajstić information content (AvgIpc) is 4.17. The van der Waals surface area contributed by atoms with Crippen LogP contribution in [0.1, 0.15) is 61.3 Å². The highest BCUT2D eigenvalue weighted by Gasteiger charge is 2.45. The Morgan fingerprint density at radius 2 is 1.34 bits per heavy atom. The molecule has 6 amide bonds. The zero-order chi connectivity index (χ0) is 59.6. The maximum Gasteiger partial charge on any atom is 0.412 e. The normalized spacial score (nSPS) is 15.5. The largest absolute Gasteiger partial charge is 0.458 e. The smallest absolute Gasteiger partial charge is 0.412 e. The number of carbonyl (C=O) groups is 7. The minimum Gasteiger partial charge on any atom is -0.458 e. The van der Waals surface area contributed by atoms with Gasteiger partial charge in [-0.25, -0.2) is 14.6 Å². The van der Waals surface area contributed by atoms with Crippen molar-refractivity contribution in [2.75, 3.05) is 146 Å². The monoisotopic (exact) mass is 1170 g/mol. The molecule has 3 aliphatic rings. The topological polar surface area (TPSA) is 322 Å². The molecule has 0 spiro atoms. The van der Waals surface area contributed by atoms with E-state index in [-0.39, 0.29) is 102 Å². The van der Waals surface area contributed by atoms with E-state index >= 15 is 0 Å². The number of carbonyl (C=O) groups excluding carboxylic acids is 7. The number of amides is 6. The van der Waals surface area contributed by atoms with Gasteiger partial charge in [-0.3, -0.25) is 33.7 Å². The van der Waals surface area contributed by atoms with Crippen LogP contribution in [0.25, 0.3) is 22.3 Å². The fourth-order valence-corrected chi connectivity index (χ4v) is 9.05. The summed E-state index contributed by atoms with van der Waals surface area (Å²) in [6, 6.07) is 5.66. The van der Waals surface area contributed by atoms with Crippen molar-refractivity contribution in [2.24, 2.45) is 0 Å². The molecular weight excluding hydrogens is 1090 g/mol. The summed E-state index contributed by atoms with van der Waals surface area (Å²) in [7, 11) is 5.32. The molecule has 6 rings (SSSR count). The summed E-state index contributed by atoms with van der Waals surface area (Å²) >= 11 is 0. The van der Waals surface area contributed by atoms with E-state index in [1.54, 1.807) is 32.2 Å². The number of methoxy groups -OCH3 is 1. The van der Waals surface area contributed by atoms with Gasteiger partial charge < -0.3 is 83.2 Å². The number of fused-ring (bicyclic) bond motifs is 5. The van der Waals surface area contributed by atoms with E-state index in [0.29, 0.717) is 126 Å². The van der Waals surface area contributed by atoms with Gasteiger partial charge in [0.1, 0.15) is 18.4 Å². The summed E-state index contributed by atoms with van der Waals surface area (Å²) < 4.78 is 55.7. The van der Waals surface area contributed by atoms with Crippen molar-refractivity contribution in [1.29, 1.82) is 0 Å². The maximum atomic E-state index is 13.7. The molecular formula is C56H78N8O19. The summed E-state index contributed by atoms with van der Waals surface area (Å²) in [5.74, 6) is -3.09. The van der Waals surface area contributed by atoms with Crippen LogP contribution in [0.3, 0.4) is 0 Å². The Kier molecular flexibility index (Phi) is 26.9. The number of nitrogens with one attached hydrogen (secondary N) is 4. The number of rotatable bonds is 40. The Balaban J connectivity index is 0.898. The van der Waals surface area contributed by atoms with Crippen LogP contribution in [0, 0.1) is 0 Å². The van der Waals surface area contributed by atoms with E-state index in [9.17, 15) is 43.5 Å². The molecule has 456 valence electrons. The highest BCUT2D eigenvalue weighted by Crippen LogP contribution is 2.40. The Hall–Kier alpha value is -6.79. The van der Waals surface area contributed by atoms with Gasteiger partial charge in [-0.15, -0.1) is 0 Å². The average molecular weight is 1170 g/mol. The van der Waals surface area contributed by atoms with Gasteiger partial charge in [0.05, 0.1) is 128 Å². The Morgan fingerprint density at radius 3 is 1.93 bits per heavy atom. The van der Waals surface area contributed by atoms with E-state index in [0.717, 1.165) is 17.1 Å². The molecule has 2 aromatic heterocycles. The first-order chi connectivity index (χ1) is 40.1. The van der Waals surface area contributed by atoms with Gasteiger partial charge in [0.2, 0.25) is 17.7 Å². The minimum absolute atomic E-state index is 0.00199. The lowest BCUT2D eigenvalue weighted by Gasteiger charge is -2.31. The number of hydrogen-bond acceptors (Lipinski definition) is 21. The number of ether oxygens (including phenoxy) is 10. The number of aliphatic hydroxyl groups is 1. The third kappa shape index (κ3) is 19.7. The van der Waals surface area contributed by atoms with Crippen molar-refractivity contribution in [3.05, 3.63) is 69.0 Å². The Morgan fingerprint density at radius 1 is 0.747 bits per heavy atom. The van der Waals surface area contributed by atoms with Crippen molar-refractivity contribution >= 4 is 52.5 Å². The number of esters is 1. The third-order valence-corrected chi connectivity index (χ3v) is 13.4. The van der Waals surface area contributed by atoms with E-state index in [2.05, 4.69) is 21.3 Å². The zero-order valence-corrected chi connectivity index (χ0v) is 47.7. The number of hydrogen-bond donors (Lipinski definition) is 5. The summed E-state index contributed by atoms with van der Waals surface area (Å²) in [6.07, 6.45) is 1.29. The number of cyclic esters (lactones) is 1. The highest BCUT2D eigenvalue weighted by molar-refractivity contribution is 6.12. The molecule has 2 atom stereocenters. The molecule has 0 radical (unpaired) electrons. The molecule has 0 saturated heterocycles. The second-order valence-corrected chi connectivity index (χ2v) is 19.6. The Bertz CT molecular complexity index is 2770. The second-order valence-electron chi connectivity index (χ2n) is 19.6. The van der Waals surface area contributed by atoms with Crippen molar-refractivity contribution in [3.63, 3.8) is 0 Å². The third-order valence-electron chi connectivity index (χ3n) is 13.4. The van der Waals surface area contributed by atoms with Crippen molar-refractivity contribution in [3.8, 4) is 17.1 Å². The molecule has 0 aliphatic carbocycles. The van der Waals surface area contributed by atoms with Gasteiger partial charge in [-0.2, -0.15) is 0 Å². The molecule has 0 saturated carbocycles. The van der Waals surface area contributed by atoms with Crippen molar-refractivity contribution < 1.29 is 86.0 Å². The van der Waals surface area contributed by atoms with Gasteiger partial charge in [-0.05, 0) is 57.6 Å². The molecule has 27 heteroatoms. The summed E-state index contributed by atoms with van der Waals surface area (Å²) in [5, 5.41) is 22.6. The van der Waals surface area contributed by atoms with Crippen LogP contribution in [0.5, 0.6) is 5.75 Å². The summed E-state index contributed by atoms with van der Waals surface area (Å²) in [6.45, 7) is 8.18. The minimum atomic E-state index is -1.97. The molecule has 1 aromatic carbocycles. The Labute approximate surface area is 480 Å². The maximum absolute atomic E-state index is 13.7. The molecule has 3 aromatic rings. The first-order valence-corrected chi connectivity index (χ1v) is 27.8. The van der Waals surface area contributed by atoms with Gasteiger partial charge >= 0.3 is 12.1 Å². The van der Waals surface area contributed by atoms with Crippen LogP contribution in [0.15, 0.2) is 41.2 Å². The summed E-state index contributed by atoms with van der Waals surface area (Å²) in [5.41, 5.74) is 0.913. The van der Waals surface area contributed by atoms with E-state index in [4.69, 9.17) is 52.4 Å². The van der Waals surface area contributed by atoms with Gasteiger partial charge in [0.25, 0.3) is 17.4 Å². The summed E-state index contributed by atoms with van der Waals surface area (Å²) in [4.78, 5) is 111. The molecule has 83 heavy (non-hydrogen) atoms. The number of pyridine rings is 2. The molecule has 0 bridgehead atoms. The molecule has 0 fully saturated rings. The van der Waals surface area contributed by atoms with Crippen LogP contribution in [0.2, 0.25) is 0 Å². The SMILES string of the molecule is CC[C@@]1(O)C(=O)OCc2c1cc1n(c2=O)Cc2cc3c(CN(C)C)c(OC(=O)NCCNC(=O)[C@H](CCC(=O)NCCOCCOCCOCCOCCOCCOCCOCCOC)NC(=O)CCCN4C(=O)C=CC4=O)ccc3nc2-1. The fraction of sp³-hybridized carbons (Fsp3) is 0.589. The van der Waals surface area contributed by atoms with E-state index in [1.165, 1.54) is 4.57 Å². The van der Waals surface area contributed by atoms with Crippen LogP contribution < -0.4 is 31.6 Å². The zero-order valence-electron chi connectivity index (χ0n) is 47.7. The molecule has 0 unspecified atom stereocenters. The van der Waals surface area contributed by atoms with E-state index < -0.39 is 58.8 Å². The quantitative estimate of drug-likeness (QED) is 0.0226. The van der Waals surface area contributed by atoms with Gasteiger partial charge in [0.15, 0.2) is 5.60 Å². The first-order valence-electron chi connectivity index (χ1n) is 27.8. The number of imide groups is 1. The van der Waals surface area contributed by atoms with Crippen LogP contribution in [-0.4, -0.2) is 219 Å². The van der Waals surface area contributed by atoms with Crippen molar-refractivity contribution in [1.82, 2.24) is 40.6 Å². The molecule has 5 N–H and O–H groups in total. The number of nitrogens with zero attached hydrogens (tertiary/aromatic N) is 4.